The summed E-state index contributed by atoms with van der Waals surface area (Å²) in [6.45, 7) is 10.3. The average molecular weight is 682 g/mol. The molecule has 0 bridgehead atoms. The number of rotatable bonds is 11. The number of piperazine rings is 1. The van der Waals surface area contributed by atoms with Gasteiger partial charge in [0.2, 0.25) is 0 Å². The van der Waals surface area contributed by atoms with Crippen LogP contribution in [0.3, 0.4) is 0 Å². The fourth-order valence-corrected chi connectivity index (χ4v) is 7.40. The van der Waals surface area contributed by atoms with Crippen molar-refractivity contribution in [2.24, 2.45) is 5.92 Å². The average Bonchev–Trinajstić information content (AvgIpc) is 3.56. The Morgan fingerprint density at radius 3 is 2.36 bits per heavy atom. The van der Waals surface area contributed by atoms with Gasteiger partial charge in [-0.1, -0.05) is 12.1 Å². The number of aryl methyl sites for hydroxylation is 2. The number of imide groups is 1. The number of hydrogen-bond acceptors (Lipinski definition) is 8. The molecule has 12 nitrogen and oxygen atoms in total. The molecule has 3 aliphatic rings. The van der Waals surface area contributed by atoms with Crippen LogP contribution < -0.4 is 14.0 Å². The smallest absolute Gasteiger partial charge is 0.277 e. The largest absolute Gasteiger partial charge is 0.495 e. The number of pyridine rings is 1. The van der Waals surface area contributed by atoms with Gasteiger partial charge in [0.1, 0.15) is 18.0 Å². The van der Waals surface area contributed by atoms with E-state index in [0.29, 0.717) is 49.0 Å². The van der Waals surface area contributed by atoms with Gasteiger partial charge in [0.25, 0.3) is 23.5 Å². The molecule has 0 saturated carbocycles. The van der Waals surface area contributed by atoms with Crippen LogP contribution in [-0.2, 0) is 35.7 Å². The van der Waals surface area contributed by atoms with E-state index in [4.69, 9.17) is 14.2 Å². The minimum Gasteiger partial charge on any atom is -0.495 e. The Kier molecular flexibility index (Phi) is 9.82. The first-order chi connectivity index (χ1) is 24.3. The zero-order valence-electron chi connectivity index (χ0n) is 29.1. The van der Waals surface area contributed by atoms with Gasteiger partial charge in [-0.05, 0) is 63.1 Å². The lowest BCUT2D eigenvalue weighted by atomic mass is 10.0. The summed E-state index contributed by atoms with van der Waals surface area (Å²) < 4.78 is 21.7. The van der Waals surface area contributed by atoms with Crippen LogP contribution in [0.25, 0.3) is 11.0 Å². The SMILES string of the molecule is CCn1c(CN2C(=O)c3ccccc3C2=O)[n+](CC2CCOCC2)c2ccc(OCC(=O)N3CCN(Cc4nc(C)ccc4OC)CC3)cc21. The maximum atomic E-state index is 13.4. The van der Waals surface area contributed by atoms with Crippen LogP contribution in [0.2, 0.25) is 0 Å². The number of amides is 3. The van der Waals surface area contributed by atoms with Gasteiger partial charge < -0.3 is 19.1 Å². The van der Waals surface area contributed by atoms with Crippen molar-refractivity contribution < 1.29 is 33.2 Å². The Balaban J connectivity index is 1.06. The van der Waals surface area contributed by atoms with E-state index in [-0.39, 0.29) is 30.9 Å². The second-order valence-electron chi connectivity index (χ2n) is 13.3. The van der Waals surface area contributed by atoms with Gasteiger partial charge in [-0.3, -0.25) is 29.2 Å². The fraction of sp³-hybridized carbons (Fsp3) is 0.447. The Bertz CT molecular complexity index is 1870. The summed E-state index contributed by atoms with van der Waals surface area (Å²) >= 11 is 0. The number of hydrogen-bond donors (Lipinski definition) is 0. The van der Waals surface area contributed by atoms with E-state index < -0.39 is 0 Å². The fourth-order valence-electron chi connectivity index (χ4n) is 7.40. The van der Waals surface area contributed by atoms with Crippen molar-refractivity contribution >= 4 is 28.8 Å². The van der Waals surface area contributed by atoms with Gasteiger partial charge >= 0.3 is 0 Å². The van der Waals surface area contributed by atoms with Crippen molar-refractivity contribution in [3.8, 4) is 11.5 Å². The molecule has 0 radical (unpaired) electrons. The van der Waals surface area contributed by atoms with E-state index in [1.165, 1.54) is 4.90 Å². The Morgan fingerprint density at radius 1 is 0.960 bits per heavy atom. The molecule has 3 amide bonds. The predicted octanol–water partition coefficient (Wildman–Crippen LogP) is 3.61. The zero-order valence-corrected chi connectivity index (χ0v) is 29.1. The van der Waals surface area contributed by atoms with Crippen molar-refractivity contribution in [2.75, 3.05) is 53.1 Å². The summed E-state index contributed by atoms with van der Waals surface area (Å²) in [4.78, 5) is 50.2. The number of aromatic nitrogens is 3. The lowest BCUT2D eigenvalue weighted by molar-refractivity contribution is -0.687. The highest BCUT2D eigenvalue weighted by Crippen LogP contribution is 2.28. The minimum atomic E-state index is -0.272. The minimum absolute atomic E-state index is 0.0530. The van der Waals surface area contributed by atoms with Gasteiger partial charge in [0, 0.05) is 63.6 Å². The molecule has 2 aromatic carbocycles. The van der Waals surface area contributed by atoms with Gasteiger partial charge in [-0.15, -0.1) is 0 Å². The van der Waals surface area contributed by atoms with E-state index in [1.54, 1.807) is 31.4 Å². The number of nitrogens with zero attached hydrogens (tertiary/aromatic N) is 6. The van der Waals surface area contributed by atoms with Crippen molar-refractivity contribution in [1.29, 1.82) is 0 Å². The summed E-state index contributed by atoms with van der Waals surface area (Å²) in [6.07, 6.45) is 1.90. The van der Waals surface area contributed by atoms with Crippen LogP contribution in [0.5, 0.6) is 11.5 Å². The molecular formula is C38H45N6O6+. The Labute approximate surface area is 292 Å². The van der Waals surface area contributed by atoms with Crippen molar-refractivity contribution in [3.63, 3.8) is 0 Å². The molecule has 5 heterocycles. The molecule has 2 aromatic heterocycles. The third-order valence-corrected chi connectivity index (χ3v) is 10.2. The first-order valence-electron chi connectivity index (χ1n) is 17.6. The number of fused-ring (bicyclic) bond motifs is 2. The predicted molar refractivity (Wildman–Crippen MR) is 185 cm³/mol. The molecule has 12 heteroatoms. The van der Waals surface area contributed by atoms with Crippen LogP contribution in [0, 0.1) is 12.8 Å². The number of imidazole rings is 1. The highest BCUT2D eigenvalue weighted by Gasteiger charge is 2.39. The molecule has 7 rings (SSSR count). The highest BCUT2D eigenvalue weighted by molar-refractivity contribution is 6.21. The van der Waals surface area contributed by atoms with Crippen molar-refractivity contribution in [3.05, 3.63) is 82.9 Å². The Morgan fingerprint density at radius 2 is 1.68 bits per heavy atom. The van der Waals surface area contributed by atoms with Gasteiger partial charge in [0.15, 0.2) is 17.6 Å². The maximum Gasteiger partial charge on any atom is 0.277 e. The number of ether oxygens (including phenoxy) is 3. The van der Waals surface area contributed by atoms with E-state index in [2.05, 4.69) is 25.9 Å². The molecular weight excluding hydrogens is 636 g/mol. The maximum absolute atomic E-state index is 13.4. The summed E-state index contributed by atoms with van der Waals surface area (Å²) in [6, 6.07) is 16.8. The molecule has 262 valence electrons. The molecule has 0 unspecified atom stereocenters. The van der Waals surface area contributed by atoms with Gasteiger partial charge in [-0.2, -0.15) is 0 Å². The first kappa shape index (κ1) is 33.7. The van der Waals surface area contributed by atoms with Crippen LogP contribution in [0.15, 0.2) is 54.6 Å². The van der Waals surface area contributed by atoms with Crippen LogP contribution in [-0.4, -0.2) is 95.1 Å². The molecule has 0 aliphatic carbocycles. The number of methoxy groups -OCH3 is 1. The second kappa shape index (κ2) is 14.6. The van der Waals surface area contributed by atoms with Gasteiger partial charge in [-0.25, -0.2) is 9.13 Å². The van der Waals surface area contributed by atoms with E-state index >= 15 is 0 Å². The Hall–Kier alpha value is -4.81. The first-order valence-corrected chi connectivity index (χ1v) is 17.6. The lowest BCUT2D eigenvalue weighted by Gasteiger charge is -2.34. The summed E-state index contributed by atoms with van der Waals surface area (Å²) in [5.41, 5.74) is 4.67. The number of benzene rings is 2. The molecule has 2 fully saturated rings. The third-order valence-electron chi connectivity index (χ3n) is 10.2. The normalized spacial score (nSPS) is 17.1. The number of carbonyl (C=O) groups is 3. The highest BCUT2D eigenvalue weighted by atomic mass is 16.5. The van der Waals surface area contributed by atoms with E-state index in [9.17, 15) is 14.4 Å². The molecule has 50 heavy (non-hydrogen) atoms. The molecule has 0 atom stereocenters. The summed E-state index contributed by atoms with van der Waals surface area (Å²) in [5, 5.41) is 0. The quantitative estimate of drug-likeness (QED) is 0.175. The third kappa shape index (κ3) is 6.69. The zero-order chi connectivity index (χ0) is 34.8. The molecule has 4 aromatic rings. The summed E-state index contributed by atoms with van der Waals surface area (Å²) in [5.74, 6) is 2.07. The second-order valence-corrected chi connectivity index (χ2v) is 13.3. The molecule has 2 saturated heterocycles. The van der Waals surface area contributed by atoms with Crippen LogP contribution in [0.1, 0.15) is 57.7 Å². The standard InChI is InChI=1S/C38H45N6O6/c1-4-42-33-21-28(50-25-36(45)41-17-15-40(16-18-41)23-31-34(48-3)12-9-26(2)39-31)10-11-32(33)43(22-27-13-19-49-20-14-27)35(42)24-44-37(46)29-7-5-6-8-30(29)38(44)47/h5-12,21,27H,4,13-20,22-25H2,1-3H3/q+1. The van der Waals surface area contributed by atoms with Crippen molar-refractivity contribution in [1.82, 2.24) is 24.3 Å². The van der Waals surface area contributed by atoms with Crippen molar-refractivity contribution in [2.45, 2.75) is 52.9 Å². The monoisotopic (exact) mass is 681 g/mol. The molecule has 0 N–H and O–H groups in total. The van der Waals surface area contributed by atoms with E-state index in [0.717, 1.165) is 79.7 Å². The molecule has 0 spiro atoms. The van der Waals surface area contributed by atoms with E-state index in [1.807, 2.05) is 42.2 Å². The topological polar surface area (TPSA) is 110 Å². The van der Waals surface area contributed by atoms with Crippen LogP contribution in [0.4, 0.5) is 0 Å². The van der Waals surface area contributed by atoms with Crippen LogP contribution >= 0.6 is 0 Å². The lowest BCUT2D eigenvalue weighted by Crippen LogP contribution is -2.49. The number of carbonyl (C=O) groups excluding carboxylic acids is 3. The van der Waals surface area contributed by atoms with Gasteiger partial charge in [0.05, 0.1) is 37.0 Å². The summed E-state index contributed by atoms with van der Waals surface area (Å²) in [7, 11) is 1.66. The molecule has 3 aliphatic heterocycles.